The maximum Gasteiger partial charge on any atom is 0.115 e. The van der Waals surface area contributed by atoms with Crippen molar-refractivity contribution in [1.29, 1.82) is 0 Å². The van der Waals surface area contributed by atoms with Crippen LogP contribution >= 0.6 is 0 Å². The Balaban J connectivity index is 0.000000704. The first kappa shape index (κ1) is 21.0. The van der Waals surface area contributed by atoms with E-state index in [4.69, 9.17) is 10.2 Å². The van der Waals surface area contributed by atoms with Gasteiger partial charge in [-0.3, -0.25) is 0 Å². The van der Waals surface area contributed by atoms with Crippen molar-refractivity contribution in [2.75, 3.05) is 13.2 Å². The topological polar surface area (TPSA) is 80.9 Å². The lowest BCUT2D eigenvalue weighted by Gasteiger charge is -2.26. The minimum Gasteiger partial charge on any atom is -0.508 e. The molecule has 0 spiro atoms. The van der Waals surface area contributed by atoms with Gasteiger partial charge in [0.1, 0.15) is 11.5 Å². The zero-order valence-electron chi connectivity index (χ0n) is 14.3. The van der Waals surface area contributed by atoms with Crippen LogP contribution in [0.5, 0.6) is 11.5 Å². The number of hydrogen-bond acceptors (Lipinski definition) is 4. The van der Waals surface area contributed by atoms with Crippen LogP contribution in [0.25, 0.3) is 0 Å². The maximum atomic E-state index is 9.30. The fourth-order valence-electron chi connectivity index (χ4n) is 1.92. The Morgan fingerprint density at radius 1 is 0.652 bits per heavy atom. The van der Waals surface area contributed by atoms with Gasteiger partial charge in [-0.2, -0.15) is 0 Å². The second-order valence-corrected chi connectivity index (χ2v) is 5.35. The SMILES string of the molecule is CC(C)(c1ccc(O)cc1)c1ccc(O)cc1.CCO.CCO. The van der Waals surface area contributed by atoms with Gasteiger partial charge in [-0.25, -0.2) is 0 Å². The van der Waals surface area contributed by atoms with E-state index in [9.17, 15) is 10.2 Å². The van der Waals surface area contributed by atoms with Crippen LogP contribution in [0.3, 0.4) is 0 Å². The van der Waals surface area contributed by atoms with E-state index < -0.39 is 0 Å². The standard InChI is InChI=1S/C15H16O2.2C2H6O/c1-15(2,11-3-7-13(16)8-4-11)12-5-9-14(17)10-6-12;2*1-2-3/h3-10,16-17H,1-2H3;2*3H,2H2,1H3. The number of benzene rings is 2. The number of hydrogen-bond donors (Lipinski definition) is 4. The quantitative estimate of drug-likeness (QED) is 0.683. The Bertz CT molecular complexity index is 481. The lowest BCUT2D eigenvalue weighted by molar-refractivity contribution is 0.318. The summed E-state index contributed by atoms with van der Waals surface area (Å²) in [6.45, 7) is 8.09. The first-order chi connectivity index (χ1) is 10.8. The molecule has 0 bridgehead atoms. The van der Waals surface area contributed by atoms with Crippen LogP contribution in [0.2, 0.25) is 0 Å². The first-order valence-electron chi connectivity index (χ1n) is 7.64. The lowest BCUT2D eigenvalue weighted by Crippen LogP contribution is -2.18. The van der Waals surface area contributed by atoms with E-state index in [2.05, 4.69) is 13.8 Å². The molecule has 4 nitrogen and oxygen atoms in total. The van der Waals surface area contributed by atoms with Gasteiger partial charge >= 0.3 is 0 Å². The van der Waals surface area contributed by atoms with Crippen LogP contribution in [0.1, 0.15) is 38.8 Å². The second-order valence-electron chi connectivity index (χ2n) is 5.35. The van der Waals surface area contributed by atoms with Crippen LogP contribution in [0.15, 0.2) is 48.5 Å². The molecule has 2 aromatic rings. The maximum absolute atomic E-state index is 9.30. The third-order valence-corrected chi connectivity index (χ3v) is 3.18. The average Bonchev–Trinajstić information content (AvgIpc) is 2.50. The van der Waals surface area contributed by atoms with Gasteiger partial charge < -0.3 is 20.4 Å². The van der Waals surface area contributed by atoms with Gasteiger partial charge in [-0.05, 0) is 49.2 Å². The van der Waals surface area contributed by atoms with Crippen LogP contribution in [0.4, 0.5) is 0 Å². The first-order valence-corrected chi connectivity index (χ1v) is 7.64. The van der Waals surface area contributed by atoms with E-state index in [1.807, 2.05) is 24.3 Å². The van der Waals surface area contributed by atoms with Crippen molar-refractivity contribution >= 4 is 0 Å². The number of aliphatic hydroxyl groups is 2. The van der Waals surface area contributed by atoms with Crippen molar-refractivity contribution in [3.8, 4) is 11.5 Å². The van der Waals surface area contributed by atoms with Crippen molar-refractivity contribution in [2.24, 2.45) is 0 Å². The summed E-state index contributed by atoms with van der Waals surface area (Å²) in [5.74, 6) is 0.547. The van der Waals surface area contributed by atoms with Gasteiger partial charge in [0.25, 0.3) is 0 Å². The fourth-order valence-corrected chi connectivity index (χ4v) is 1.92. The summed E-state index contributed by atoms with van der Waals surface area (Å²) >= 11 is 0. The molecule has 0 aromatic heterocycles. The molecule has 0 aliphatic rings. The van der Waals surface area contributed by atoms with Crippen LogP contribution in [-0.4, -0.2) is 33.6 Å². The third-order valence-electron chi connectivity index (χ3n) is 3.18. The molecule has 2 rings (SSSR count). The van der Waals surface area contributed by atoms with E-state index >= 15 is 0 Å². The fraction of sp³-hybridized carbons (Fsp3) is 0.368. The molecule has 4 heteroatoms. The van der Waals surface area contributed by atoms with Gasteiger partial charge in [0.15, 0.2) is 0 Å². The van der Waals surface area contributed by atoms with E-state index in [1.54, 1.807) is 38.1 Å². The van der Waals surface area contributed by atoms with Gasteiger partial charge in [0.05, 0.1) is 0 Å². The van der Waals surface area contributed by atoms with Crippen molar-refractivity contribution in [3.05, 3.63) is 59.7 Å². The molecule has 4 N–H and O–H groups in total. The van der Waals surface area contributed by atoms with Crippen molar-refractivity contribution in [2.45, 2.75) is 33.1 Å². The Morgan fingerprint density at radius 3 is 1.09 bits per heavy atom. The zero-order chi connectivity index (χ0) is 17.9. The molecule has 2 aromatic carbocycles. The third kappa shape index (κ3) is 7.17. The van der Waals surface area contributed by atoms with E-state index in [-0.39, 0.29) is 30.1 Å². The highest BCUT2D eigenvalue weighted by molar-refractivity contribution is 5.41. The van der Waals surface area contributed by atoms with Crippen molar-refractivity contribution in [1.82, 2.24) is 0 Å². The van der Waals surface area contributed by atoms with E-state index in [0.717, 1.165) is 11.1 Å². The minimum absolute atomic E-state index is 0.151. The highest BCUT2D eigenvalue weighted by Gasteiger charge is 2.22. The van der Waals surface area contributed by atoms with Gasteiger partial charge in [-0.1, -0.05) is 38.1 Å². The number of phenolic OH excluding ortho intramolecular Hbond substituents is 2. The molecule has 0 saturated heterocycles. The molecule has 0 amide bonds. The summed E-state index contributed by atoms with van der Waals surface area (Å²) in [4.78, 5) is 0. The van der Waals surface area contributed by atoms with Gasteiger partial charge in [-0.15, -0.1) is 0 Å². The highest BCUT2D eigenvalue weighted by Crippen LogP contribution is 2.32. The summed E-state index contributed by atoms with van der Waals surface area (Å²) in [6.07, 6.45) is 0. The molecule has 0 unspecified atom stereocenters. The smallest absolute Gasteiger partial charge is 0.115 e. The molecular formula is C19H28O4. The predicted octanol–water partition coefficient (Wildman–Crippen LogP) is 3.42. The Hall–Kier alpha value is -2.04. The summed E-state index contributed by atoms with van der Waals surface area (Å²) in [5, 5.41) is 33.7. The molecule has 0 atom stereocenters. The normalized spacial score (nSPS) is 10.0. The van der Waals surface area contributed by atoms with Crippen molar-refractivity contribution in [3.63, 3.8) is 0 Å². The monoisotopic (exact) mass is 320 g/mol. The van der Waals surface area contributed by atoms with Gasteiger partial charge in [0.2, 0.25) is 0 Å². The van der Waals surface area contributed by atoms with Gasteiger partial charge in [0, 0.05) is 18.6 Å². The van der Waals surface area contributed by atoms with Crippen LogP contribution in [0, 0.1) is 0 Å². The van der Waals surface area contributed by atoms with Crippen molar-refractivity contribution < 1.29 is 20.4 Å². The molecule has 0 radical (unpaired) electrons. The molecule has 0 fully saturated rings. The van der Waals surface area contributed by atoms with E-state index in [0.29, 0.717) is 0 Å². The Labute approximate surface area is 138 Å². The predicted molar refractivity (Wildman–Crippen MR) is 93.9 cm³/mol. The Morgan fingerprint density at radius 2 is 0.870 bits per heavy atom. The zero-order valence-corrected chi connectivity index (χ0v) is 14.3. The molecule has 0 aliphatic carbocycles. The Kier molecular flexibility index (Phi) is 9.70. The molecule has 23 heavy (non-hydrogen) atoms. The minimum atomic E-state index is -0.151. The lowest BCUT2D eigenvalue weighted by atomic mass is 9.78. The molecule has 0 aliphatic heterocycles. The average molecular weight is 320 g/mol. The largest absolute Gasteiger partial charge is 0.508 e. The molecule has 0 heterocycles. The molecule has 0 saturated carbocycles. The van der Waals surface area contributed by atoms with Crippen LogP contribution < -0.4 is 0 Å². The number of rotatable bonds is 2. The highest BCUT2D eigenvalue weighted by atomic mass is 16.3. The van der Waals surface area contributed by atoms with Crippen LogP contribution in [-0.2, 0) is 5.41 Å². The second kappa shape index (κ2) is 10.6. The van der Waals surface area contributed by atoms with E-state index in [1.165, 1.54) is 0 Å². The molecule has 128 valence electrons. The number of aliphatic hydroxyl groups excluding tert-OH is 2. The number of phenols is 2. The summed E-state index contributed by atoms with van der Waals surface area (Å²) < 4.78 is 0. The number of aromatic hydroxyl groups is 2. The summed E-state index contributed by atoms with van der Waals surface area (Å²) in [6, 6.07) is 14.4. The summed E-state index contributed by atoms with van der Waals surface area (Å²) in [7, 11) is 0. The summed E-state index contributed by atoms with van der Waals surface area (Å²) in [5.41, 5.74) is 2.10. The molecular weight excluding hydrogens is 292 g/mol.